The van der Waals surface area contributed by atoms with E-state index in [4.69, 9.17) is 0 Å². The SMILES string of the molecule is c1ccc(Nc2ccccn2)nc1.c1cnc2[nH]ccc2c1. The highest BCUT2D eigenvalue weighted by atomic mass is 15.0. The number of H-pyrrole nitrogens is 1. The van der Waals surface area contributed by atoms with Gasteiger partial charge in [0.2, 0.25) is 0 Å². The minimum atomic E-state index is 0.807. The van der Waals surface area contributed by atoms with Crippen molar-refractivity contribution in [1.29, 1.82) is 0 Å². The van der Waals surface area contributed by atoms with Crippen LogP contribution in [0, 0.1) is 0 Å². The van der Waals surface area contributed by atoms with Gasteiger partial charge in [0.25, 0.3) is 0 Å². The predicted octanol–water partition coefficient (Wildman–Crippen LogP) is 3.78. The molecule has 22 heavy (non-hydrogen) atoms. The Morgan fingerprint density at radius 2 is 1.36 bits per heavy atom. The molecule has 0 radical (unpaired) electrons. The first-order valence-corrected chi connectivity index (χ1v) is 6.89. The van der Waals surface area contributed by atoms with E-state index in [1.54, 1.807) is 18.6 Å². The number of anilines is 2. The molecule has 0 fully saturated rings. The Morgan fingerprint density at radius 1 is 0.682 bits per heavy atom. The maximum Gasteiger partial charge on any atom is 0.137 e. The second-order valence-corrected chi connectivity index (χ2v) is 4.47. The van der Waals surface area contributed by atoms with Crippen molar-refractivity contribution in [2.75, 3.05) is 5.32 Å². The van der Waals surface area contributed by atoms with Gasteiger partial charge in [-0.25, -0.2) is 15.0 Å². The third kappa shape index (κ3) is 3.67. The summed E-state index contributed by atoms with van der Waals surface area (Å²) in [4.78, 5) is 15.3. The van der Waals surface area contributed by atoms with Gasteiger partial charge in [0.05, 0.1) is 0 Å². The number of fused-ring (bicyclic) bond motifs is 1. The van der Waals surface area contributed by atoms with E-state index in [1.807, 2.05) is 60.8 Å². The van der Waals surface area contributed by atoms with Crippen LogP contribution in [0.15, 0.2) is 79.4 Å². The smallest absolute Gasteiger partial charge is 0.137 e. The van der Waals surface area contributed by atoms with Crippen LogP contribution in [0.4, 0.5) is 11.6 Å². The summed E-state index contributed by atoms with van der Waals surface area (Å²) in [5.41, 5.74) is 0.956. The molecule has 0 saturated carbocycles. The summed E-state index contributed by atoms with van der Waals surface area (Å²) in [6, 6.07) is 17.4. The van der Waals surface area contributed by atoms with Crippen molar-refractivity contribution in [3.8, 4) is 0 Å². The molecule has 108 valence electrons. The van der Waals surface area contributed by atoms with Crippen LogP contribution in [-0.2, 0) is 0 Å². The molecule has 0 saturated heterocycles. The molecule has 2 N–H and O–H groups in total. The second kappa shape index (κ2) is 6.99. The molecule has 0 aliphatic rings. The van der Waals surface area contributed by atoms with Gasteiger partial charge >= 0.3 is 0 Å². The van der Waals surface area contributed by atoms with E-state index in [0.29, 0.717) is 0 Å². The average Bonchev–Trinajstić information content (AvgIpc) is 3.06. The first-order valence-electron chi connectivity index (χ1n) is 6.89. The van der Waals surface area contributed by atoms with Crippen molar-refractivity contribution in [3.63, 3.8) is 0 Å². The number of aromatic amines is 1. The van der Waals surface area contributed by atoms with E-state index in [0.717, 1.165) is 22.7 Å². The Labute approximate surface area is 128 Å². The molecule has 0 aromatic carbocycles. The molecule has 0 spiro atoms. The molecule has 0 aliphatic heterocycles. The van der Waals surface area contributed by atoms with Gasteiger partial charge in [0.1, 0.15) is 17.3 Å². The Balaban J connectivity index is 0.000000139. The molecule has 0 bridgehead atoms. The molecule has 4 aromatic rings. The highest BCUT2D eigenvalue weighted by Crippen LogP contribution is 2.09. The average molecular weight is 289 g/mol. The molecule has 5 heteroatoms. The number of nitrogens with zero attached hydrogens (tertiary/aromatic N) is 3. The predicted molar refractivity (Wildman–Crippen MR) is 87.9 cm³/mol. The molecule has 0 unspecified atom stereocenters. The quantitative estimate of drug-likeness (QED) is 0.589. The number of nitrogens with one attached hydrogen (secondary N) is 2. The van der Waals surface area contributed by atoms with Crippen LogP contribution < -0.4 is 5.32 Å². The monoisotopic (exact) mass is 289 g/mol. The molecule has 0 atom stereocenters. The van der Waals surface area contributed by atoms with Gasteiger partial charge in [-0.3, -0.25) is 0 Å². The minimum Gasteiger partial charge on any atom is -0.346 e. The van der Waals surface area contributed by atoms with Crippen molar-refractivity contribution < 1.29 is 0 Å². The largest absolute Gasteiger partial charge is 0.346 e. The minimum absolute atomic E-state index is 0.807. The fraction of sp³-hybridized carbons (Fsp3) is 0. The first kappa shape index (κ1) is 13.8. The summed E-state index contributed by atoms with van der Waals surface area (Å²) in [7, 11) is 0. The van der Waals surface area contributed by atoms with Gasteiger partial charge in [0.15, 0.2) is 0 Å². The lowest BCUT2D eigenvalue weighted by Crippen LogP contribution is -1.93. The Kier molecular flexibility index (Phi) is 4.37. The van der Waals surface area contributed by atoms with Crippen LogP contribution in [0.3, 0.4) is 0 Å². The van der Waals surface area contributed by atoms with Crippen molar-refractivity contribution in [2.24, 2.45) is 0 Å². The molecule has 4 heterocycles. The van der Waals surface area contributed by atoms with Crippen molar-refractivity contribution in [2.45, 2.75) is 0 Å². The Hall–Kier alpha value is -3.21. The third-order valence-corrected chi connectivity index (χ3v) is 2.91. The highest BCUT2D eigenvalue weighted by Gasteiger charge is 1.92. The van der Waals surface area contributed by atoms with Gasteiger partial charge in [-0.15, -0.1) is 0 Å². The van der Waals surface area contributed by atoms with Gasteiger partial charge in [-0.1, -0.05) is 12.1 Å². The molecule has 0 aliphatic carbocycles. The Bertz CT molecular complexity index is 744. The van der Waals surface area contributed by atoms with Crippen LogP contribution in [0.2, 0.25) is 0 Å². The number of hydrogen-bond donors (Lipinski definition) is 2. The number of aromatic nitrogens is 4. The number of pyridine rings is 3. The van der Waals surface area contributed by atoms with E-state index in [2.05, 4.69) is 25.3 Å². The van der Waals surface area contributed by atoms with Crippen LogP contribution in [-0.4, -0.2) is 19.9 Å². The van der Waals surface area contributed by atoms with Gasteiger partial charge in [-0.05, 0) is 42.5 Å². The molecule has 4 aromatic heterocycles. The fourth-order valence-corrected chi connectivity index (χ4v) is 1.89. The van der Waals surface area contributed by atoms with E-state index in [-0.39, 0.29) is 0 Å². The molecule has 4 rings (SSSR count). The van der Waals surface area contributed by atoms with Crippen LogP contribution in [0.5, 0.6) is 0 Å². The lowest BCUT2D eigenvalue weighted by atomic mass is 10.3. The molecular weight excluding hydrogens is 274 g/mol. The zero-order valence-electron chi connectivity index (χ0n) is 11.8. The summed E-state index contributed by atoms with van der Waals surface area (Å²) >= 11 is 0. The maximum atomic E-state index is 4.12. The standard InChI is InChI=1S/C10H9N3.C7H6N2/c1-3-7-11-9(5-1)13-10-6-2-4-8-12-10;1-2-6-3-5-9-7(6)8-4-1/h1-8H,(H,11,12,13);1-5H,(H,8,9). The van der Waals surface area contributed by atoms with Crippen molar-refractivity contribution in [1.82, 2.24) is 19.9 Å². The first-order chi connectivity index (χ1) is 10.9. The zero-order chi connectivity index (χ0) is 15.0. The lowest BCUT2D eigenvalue weighted by molar-refractivity contribution is 1.25. The molecule has 5 nitrogen and oxygen atoms in total. The lowest BCUT2D eigenvalue weighted by Gasteiger charge is -2.02. The number of hydrogen-bond acceptors (Lipinski definition) is 4. The van der Waals surface area contributed by atoms with E-state index in [1.165, 1.54) is 0 Å². The van der Waals surface area contributed by atoms with Crippen molar-refractivity contribution >= 4 is 22.7 Å². The summed E-state index contributed by atoms with van der Waals surface area (Å²) in [6.45, 7) is 0. The normalized spacial score (nSPS) is 9.82. The number of rotatable bonds is 2. The van der Waals surface area contributed by atoms with Gasteiger partial charge < -0.3 is 10.3 Å². The Morgan fingerprint density at radius 3 is 1.95 bits per heavy atom. The van der Waals surface area contributed by atoms with E-state index in [9.17, 15) is 0 Å². The molecular formula is C17H15N5. The second-order valence-electron chi connectivity index (χ2n) is 4.47. The highest BCUT2D eigenvalue weighted by molar-refractivity contribution is 5.74. The van der Waals surface area contributed by atoms with Crippen LogP contribution in [0.25, 0.3) is 11.0 Å². The summed E-state index contributed by atoms with van der Waals surface area (Å²) < 4.78 is 0. The summed E-state index contributed by atoms with van der Waals surface area (Å²) in [6.07, 6.45) is 7.15. The van der Waals surface area contributed by atoms with Gasteiger partial charge in [0, 0.05) is 30.2 Å². The van der Waals surface area contributed by atoms with E-state index >= 15 is 0 Å². The maximum absolute atomic E-state index is 4.12. The zero-order valence-corrected chi connectivity index (χ0v) is 11.8. The van der Waals surface area contributed by atoms with Gasteiger partial charge in [-0.2, -0.15) is 0 Å². The van der Waals surface area contributed by atoms with Crippen LogP contribution in [0.1, 0.15) is 0 Å². The third-order valence-electron chi connectivity index (χ3n) is 2.91. The van der Waals surface area contributed by atoms with Crippen LogP contribution >= 0.6 is 0 Å². The summed E-state index contributed by atoms with van der Waals surface area (Å²) in [5.74, 6) is 1.61. The topological polar surface area (TPSA) is 66.5 Å². The van der Waals surface area contributed by atoms with Crippen molar-refractivity contribution in [3.05, 3.63) is 79.4 Å². The molecule has 0 amide bonds. The fourth-order valence-electron chi connectivity index (χ4n) is 1.89. The van der Waals surface area contributed by atoms with E-state index < -0.39 is 0 Å². The summed E-state index contributed by atoms with van der Waals surface area (Å²) in [5, 5.41) is 4.25.